The van der Waals surface area contributed by atoms with Gasteiger partial charge in [0.1, 0.15) is 5.75 Å². The average Bonchev–Trinajstić information content (AvgIpc) is 3.24. The minimum absolute atomic E-state index is 0.289. The molecule has 0 radical (unpaired) electrons. The Morgan fingerprint density at radius 1 is 1.03 bits per heavy atom. The molecule has 31 heavy (non-hydrogen) atoms. The fourth-order valence-corrected chi connectivity index (χ4v) is 2.93. The minimum atomic E-state index is -0.418. The van der Waals surface area contributed by atoms with Crippen molar-refractivity contribution in [2.24, 2.45) is 0 Å². The van der Waals surface area contributed by atoms with Crippen molar-refractivity contribution in [2.75, 3.05) is 5.32 Å². The van der Waals surface area contributed by atoms with Crippen molar-refractivity contribution in [1.29, 1.82) is 0 Å². The molecule has 0 saturated heterocycles. The van der Waals surface area contributed by atoms with Crippen LogP contribution in [0.5, 0.6) is 5.75 Å². The third-order valence-corrected chi connectivity index (χ3v) is 4.37. The van der Waals surface area contributed by atoms with Crippen LogP contribution in [-0.2, 0) is 11.2 Å². The van der Waals surface area contributed by atoms with Crippen LogP contribution in [0.4, 0.5) is 5.69 Å². The number of esters is 1. The maximum atomic E-state index is 12.7. The highest BCUT2D eigenvalue weighted by molar-refractivity contribution is 6.04. The highest BCUT2D eigenvalue weighted by Crippen LogP contribution is 2.22. The molecule has 0 aliphatic carbocycles. The molecule has 4 aromatic rings. The Hall–Kier alpha value is -4.33. The summed E-state index contributed by atoms with van der Waals surface area (Å²) in [5.74, 6) is 0.552. The van der Waals surface area contributed by atoms with Gasteiger partial charge in [0.05, 0.1) is 6.42 Å². The number of hydrogen-bond acceptors (Lipinski definition) is 7. The van der Waals surface area contributed by atoms with Crippen LogP contribution in [0.25, 0.3) is 11.4 Å². The predicted octanol–water partition coefficient (Wildman–Crippen LogP) is 3.90. The zero-order chi connectivity index (χ0) is 21.6. The van der Waals surface area contributed by atoms with Gasteiger partial charge in [-0.15, -0.1) is 0 Å². The van der Waals surface area contributed by atoms with E-state index in [2.05, 4.69) is 20.4 Å². The Morgan fingerprint density at radius 3 is 2.58 bits per heavy atom. The van der Waals surface area contributed by atoms with Crippen molar-refractivity contribution in [2.45, 2.75) is 13.3 Å². The molecule has 0 saturated carbocycles. The molecule has 0 unspecified atom stereocenters. The average molecular weight is 414 g/mol. The van der Waals surface area contributed by atoms with Crippen molar-refractivity contribution in [3.05, 3.63) is 90.1 Å². The number of carbonyl (C=O) groups is 2. The Labute approximate surface area is 177 Å². The molecule has 2 aromatic carbocycles. The first-order valence-electron chi connectivity index (χ1n) is 9.49. The van der Waals surface area contributed by atoms with Crippen LogP contribution in [-0.4, -0.2) is 27.0 Å². The lowest BCUT2D eigenvalue weighted by Crippen LogP contribution is -2.13. The molecule has 4 rings (SSSR count). The van der Waals surface area contributed by atoms with Gasteiger partial charge in [-0.25, -0.2) is 0 Å². The van der Waals surface area contributed by atoms with E-state index in [4.69, 9.17) is 9.26 Å². The summed E-state index contributed by atoms with van der Waals surface area (Å²) in [5, 5.41) is 6.90. The van der Waals surface area contributed by atoms with Crippen molar-refractivity contribution < 1.29 is 18.8 Å². The number of para-hydroxylation sites is 1. The van der Waals surface area contributed by atoms with Gasteiger partial charge in [0.15, 0.2) is 0 Å². The van der Waals surface area contributed by atoms with Crippen LogP contribution in [0.3, 0.4) is 0 Å². The normalized spacial score (nSPS) is 10.5. The topological polar surface area (TPSA) is 107 Å². The number of aromatic nitrogens is 3. The van der Waals surface area contributed by atoms with Crippen molar-refractivity contribution >= 4 is 17.6 Å². The van der Waals surface area contributed by atoms with E-state index in [-0.39, 0.29) is 5.91 Å². The number of hydrogen-bond donors (Lipinski definition) is 1. The lowest BCUT2D eigenvalue weighted by atomic mass is 10.1. The fourth-order valence-electron chi connectivity index (χ4n) is 2.93. The molecule has 2 heterocycles. The second-order valence-electron chi connectivity index (χ2n) is 6.66. The first kappa shape index (κ1) is 20.0. The SMILES string of the molecule is CC(=O)Oc1ccc(C(=O)Nc2ccccc2Cc2nc(-c3cccnc3)no2)cc1. The van der Waals surface area contributed by atoms with E-state index < -0.39 is 5.97 Å². The van der Waals surface area contributed by atoms with Crippen molar-refractivity contribution in [3.8, 4) is 17.1 Å². The van der Waals surface area contributed by atoms with Gasteiger partial charge < -0.3 is 14.6 Å². The van der Waals surface area contributed by atoms with E-state index in [9.17, 15) is 9.59 Å². The zero-order valence-corrected chi connectivity index (χ0v) is 16.6. The minimum Gasteiger partial charge on any atom is -0.427 e. The summed E-state index contributed by atoms with van der Waals surface area (Å²) in [7, 11) is 0. The van der Waals surface area contributed by atoms with E-state index in [0.29, 0.717) is 35.1 Å². The molecule has 0 spiro atoms. The lowest BCUT2D eigenvalue weighted by molar-refractivity contribution is -0.131. The fraction of sp³-hybridized carbons (Fsp3) is 0.0870. The number of rotatable bonds is 6. The highest BCUT2D eigenvalue weighted by Gasteiger charge is 2.14. The molecule has 154 valence electrons. The Morgan fingerprint density at radius 2 is 1.84 bits per heavy atom. The largest absolute Gasteiger partial charge is 0.427 e. The van der Waals surface area contributed by atoms with Crippen LogP contribution in [0.2, 0.25) is 0 Å². The Bertz CT molecular complexity index is 1200. The molecule has 1 amide bonds. The second-order valence-corrected chi connectivity index (χ2v) is 6.66. The molecule has 8 nitrogen and oxygen atoms in total. The maximum absolute atomic E-state index is 12.7. The number of pyridine rings is 1. The first-order chi connectivity index (χ1) is 15.1. The maximum Gasteiger partial charge on any atom is 0.308 e. The first-order valence-corrected chi connectivity index (χ1v) is 9.49. The van der Waals surface area contributed by atoms with Gasteiger partial charge in [-0.3, -0.25) is 14.6 Å². The van der Waals surface area contributed by atoms with Crippen LogP contribution in [0, 0.1) is 0 Å². The molecular formula is C23H18N4O4. The van der Waals surface area contributed by atoms with Gasteiger partial charge >= 0.3 is 5.97 Å². The molecule has 0 fully saturated rings. The predicted molar refractivity (Wildman–Crippen MR) is 112 cm³/mol. The van der Waals surface area contributed by atoms with E-state index >= 15 is 0 Å². The standard InChI is InChI=1S/C23H18N4O4/c1-15(28)30-19-10-8-16(9-11-19)23(29)25-20-7-3-2-5-17(20)13-21-26-22(27-31-21)18-6-4-12-24-14-18/h2-12,14H,13H2,1H3,(H,25,29). The summed E-state index contributed by atoms with van der Waals surface area (Å²) in [6.07, 6.45) is 3.69. The molecule has 0 atom stereocenters. The molecule has 0 aliphatic rings. The van der Waals surface area contributed by atoms with Crippen LogP contribution in [0.15, 0.2) is 77.6 Å². The molecule has 1 N–H and O–H groups in total. The van der Waals surface area contributed by atoms with E-state index in [0.717, 1.165) is 11.1 Å². The number of benzene rings is 2. The summed E-state index contributed by atoms with van der Waals surface area (Å²) >= 11 is 0. The van der Waals surface area contributed by atoms with Gasteiger partial charge in [-0.1, -0.05) is 23.4 Å². The highest BCUT2D eigenvalue weighted by atomic mass is 16.5. The third kappa shape index (κ3) is 4.99. The van der Waals surface area contributed by atoms with Gasteiger partial charge in [0.2, 0.25) is 11.7 Å². The van der Waals surface area contributed by atoms with Gasteiger partial charge in [-0.05, 0) is 48.0 Å². The Balaban J connectivity index is 1.48. The number of anilines is 1. The summed E-state index contributed by atoms with van der Waals surface area (Å²) in [6, 6.07) is 17.4. The number of nitrogens with zero attached hydrogens (tertiary/aromatic N) is 3. The summed E-state index contributed by atoms with van der Waals surface area (Å²) in [6.45, 7) is 1.32. The Kier molecular flexibility index (Phi) is 5.79. The molecule has 8 heteroatoms. The summed E-state index contributed by atoms with van der Waals surface area (Å²) < 4.78 is 10.4. The lowest BCUT2D eigenvalue weighted by Gasteiger charge is -2.10. The molecule has 2 aromatic heterocycles. The number of nitrogens with one attached hydrogen (secondary N) is 1. The van der Waals surface area contributed by atoms with E-state index in [1.165, 1.54) is 6.92 Å². The van der Waals surface area contributed by atoms with Gasteiger partial charge in [0, 0.05) is 36.1 Å². The third-order valence-electron chi connectivity index (χ3n) is 4.37. The summed E-state index contributed by atoms with van der Waals surface area (Å²) in [5.41, 5.74) is 2.66. The van der Waals surface area contributed by atoms with E-state index in [1.54, 1.807) is 48.8 Å². The number of carbonyl (C=O) groups excluding carboxylic acids is 2. The monoisotopic (exact) mass is 414 g/mol. The molecular weight excluding hydrogens is 396 g/mol. The van der Waals surface area contributed by atoms with Gasteiger partial charge in [-0.2, -0.15) is 4.98 Å². The quantitative estimate of drug-likeness (QED) is 0.377. The van der Waals surface area contributed by atoms with Crippen molar-refractivity contribution in [1.82, 2.24) is 15.1 Å². The van der Waals surface area contributed by atoms with Gasteiger partial charge in [0.25, 0.3) is 5.91 Å². The van der Waals surface area contributed by atoms with Crippen LogP contribution >= 0.6 is 0 Å². The van der Waals surface area contributed by atoms with Crippen LogP contribution < -0.4 is 10.1 Å². The summed E-state index contributed by atoms with van der Waals surface area (Å²) in [4.78, 5) is 32.2. The van der Waals surface area contributed by atoms with Crippen molar-refractivity contribution in [3.63, 3.8) is 0 Å². The molecule has 0 bridgehead atoms. The number of amides is 1. The molecule has 0 aliphatic heterocycles. The number of ether oxygens (including phenoxy) is 1. The van der Waals surface area contributed by atoms with Crippen LogP contribution in [0.1, 0.15) is 28.7 Å². The van der Waals surface area contributed by atoms with E-state index in [1.807, 2.05) is 24.3 Å². The zero-order valence-electron chi connectivity index (χ0n) is 16.6. The smallest absolute Gasteiger partial charge is 0.308 e. The second kappa shape index (κ2) is 9.00.